The van der Waals surface area contributed by atoms with E-state index >= 15 is 0 Å². The number of halogens is 1. The third kappa shape index (κ3) is 5.49. The highest BCUT2D eigenvalue weighted by Crippen LogP contribution is 2.10. The number of aryl methyl sites for hydroxylation is 1. The number of amides is 1. The number of ether oxygens (including phenoxy) is 1. The van der Waals surface area contributed by atoms with Crippen molar-refractivity contribution in [3.05, 3.63) is 58.5 Å². The zero-order chi connectivity index (χ0) is 17.4. The van der Waals surface area contributed by atoms with Gasteiger partial charge in [0, 0.05) is 11.8 Å². The van der Waals surface area contributed by atoms with Crippen molar-refractivity contribution in [1.82, 2.24) is 14.9 Å². The second-order valence-electron chi connectivity index (χ2n) is 5.25. The lowest BCUT2D eigenvalue weighted by Crippen LogP contribution is -2.34. The fourth-order valence-electron chi connectivity index (χ4n) is 2.08. The van der Waals surface area contributed by atoms with Crippen LogP contribution in [0.25, 0.3) is 0 Å². The number of benzene rings is 1. The lowest BCUT2D eigenvalue weighted by molar-refractivity contribution is -0.121. The normalized spacial score (nSPS) is 10.4. The van der Waals surface area contributed by atoms with Crippen LogP contribution in [0.4, 0.5) is 4.39 Å². The van der Waals surface area contributed by atoms with Crippen LogP contribution in [0.2, 0.25) is 0 Å². The molecule has 6 nitrogen and oxygen atoms in total. The molecular weight excluding hydrogens is 313 g/mol. The summed E-state index contributed by atoms with van der Waals surface area (Å²) in [6.45, 7) is 2.45. The Kier molecular flexibility index (Phi) is 6.48. The highest BCUT2D eigenvalue weighted by atomic mass is 19.1. The van der Waals surface area contributed by atoms with E-state index in [0.29, 0.717) is 5.75 Å². The van der Waals surface area contributed by atoms with Gasteiger partial charge in [0.05, 0.1) is 12.9 Å². The maximum Gasteiger partial charge on any atom is 0.253 e. The summed E-state index contributed by atoms with van der Waals surface area (Å²) < 4.78 is 19.4. The maximum absolute atomic E-state index is 12.7. The lowest BCUT2D eigenvalue weighted by atomic mass is 10.2. The third-order valence-corrected chi connectivity index (χ3v) is 3.26. The van der Waals surface area contributed by atoms with Gasteiger partial charge < -0.3 is 10.1 Å². The molecule has 2 aromatic rings. The topological polar surface area (TPSA) is 73.2 Å². The molecule has 1 aromatic heterocycles. The van der Waals surface area contributed by atoms with Crippen LogP contribution in [-0.4, -0.2) is 28.6 Å². The van der Waals surface area contributed by atoms with Gasteiger partial charge in [-0.2, -0.15) is 0 Å². The third-order valence-electron chi connectivity index (χ3n) is 3.26. The summed E-state index contributed by atoms with van der Waals surface area (Å²) in [6.07, 6.45) is 3.04. The van der Waals surface area contributed by atoms with Crippen molar-refractivity contribution in [2.75, 3.05) is 13.2 Å². The van der Waals surface area contributed by atoms with Crippen molar-refractivity contribution in [1.29, 1.82) is 0 Å². The van der Waals surface area contributed by atoms with Crippen LogP contribution in [0.5, 0.6) is 5.75 Å². The van der Waals surface area contributed by atoms with E-state index in [2.05, 4.69) is 10.3 Å². The van der Waals surface area contributed by atoms with Crippen LogP contribution < -0.4 is 15.6 Å². The van der Waals surface area contributed by atoms with E-state index in [1.807, 2.05) is 6.92 Å². The zero-order valence-corrected chi connectivity index (χ0v) is 13.5. The largest absolute Gasteiger partial charge is 0.492 e. The number of carbonyl (C=O) groups excluding carboxylic acids is 1. The van der Waals surface area contributed by atoms with Gasteiger partial charge in [-0.1, -0.05) is 13.3 Å². The second-order valence-corrected chi connectivity index (χ2v) is 5.25. The van der Waals surface area contributed by atoms with E-state index in [0.717, 1.165) is 18.5 Å². The SMILES string of the molecule is CCCc1cc(=O)n(CC(=O)NCCOc2ccc(F)cc2)cn1. The molecule has 0 aliphatic heterocycles. The fourth-order valence-corrected chi connectivity index (χ4v) is 2.08. The molecule has 0 saturated heterocycles. The van der Waals surface area contributed by atoms with E-state index < -0.39 is 0 Å². The highest BCUT2D eigenvalue weighted by Gasteiger charge is 2.05. The molecule has 0 saturated carbocycles. The van der Waals surface area contributed by atoms with Gasteiger partial charge in [0.1, 0.15) is 24.7 Å². The minimum atomic E-state index is -0.334. The summed E-state index contributed by atoms with van der Waals surface area (Å²) in [6, 6.07) is 7.08. The van der Waals surface area contributed by atoms with E-state index in [1.165, 1.54) is 41.2 Å². The monoisotopic (exact) mass is 333 g/mol. The van der Waals surface area contributed by atoms with Crippen LogP contribution >= 0.6 is 0 Å². The first-order chi connectivity index (χ1) is 11.6. The molecule has 0 unspecified atom stereocenters. The molecule has 1 amide bonds. The average molecular weight is 333 g/mol. The van der Waals surface area contributed by atoms with Crippen molar-refractivity contribution in [3.8, 4) is 5.75 Å². The number of nitrogens with zero attached hydrogens (tertiary/aromatic N) is 2. The van der Waals surface area contributed by atoms with Crippen LogP contribution in [0.15, 0.2) is 41.5 Å². The number of carbonyl (C=O) groups is 1. The first kappa shape index (κ1) is 17.7. The van der Waals surface area contributed by atoms with Crippen molar-refractivity contribution in [2.24, 2.45) is 0 Å². The van der Waals surface area contributed by atoms with Gasteiger partial charge in [-0.05, 0) is 30.7 Å². The summed E-state index contributed by atoms with van der Waals surface area (Å²) in [5.74, 6) is -0.109. The smallest absolute Gasteiger partial charge is 0.253 e. The Morgan fingerprint density at radius 2 is 2.08 bits per heavy atom. The summed E-state index contributed by atoms with van der Waals surface area (Å²) in [5, 5.41) is 2.65. The molecule has 7 heteroatoms. The Morgan fingerprint density at radius 3 is 2.75 bits per heavy atom. The van der Waals surface area contributed by atoms with Crippen molar-refractivity contribution >= 4 is 5.91 Å². The Hall–Kier alpha value is -2.70. The number of aromatic nitrogens is 2. The number of rotatable bonds is 8. The maximum atomic E-state index is 12.7. The van der Waals surface area contributed by atoms with Gasteiger partial charge in [-0.25, -0.2) is 9.37 Å². The minimum absolute atomic E-state index is 0.0885. The van der Waals surface area contributed by atoms with Gasteiger partial charge in [-0.15, -0.1) is 0 Å². The van der Waals surface area contributed by atoms with Crippen LogP contribution in [0.3, 0.4) is 0 Å². The first-order valence-corrected chi connectivity index (χ1v) is 7.79. The summed E-state index contributed by atoms with van der Waals surface area (Å²) in [5.41, 5.74) is 0.484. The van der Waals surface area contributed by atoms with E-state index in [9.17, 15) is 14.0 Å². The molecule has 0 atom stereocenters. The number of hydrogen-bond donors (Lipinski definition) is 1. The molecule has 1 heterocycles. The number of hydrogen-bond acceptors (Lipinski definition) is 4. The lowest BCUT2D eigenvalue weighted by Gasteiger charge is -2.09. The molecule has 0 aliphatic carbocycles. The Balaban J connectivity index is 1.75. The second kappa shape index (κ2) is 8.81. The molecular formula is C17H20FN3O3. The van der Waals surface area contributed by atoms with Gasteiger partial charge >= 0.3 is 0 Å². The molecule has 128 valence electrons. The quantitative estimate of drug-likeness (QED) is 0.744. The summed E-state index contributed by atoms with van der Waals surface area (Å²) in [4.78, 5) is 27.9. The highest BCUT2D eigenvalue weighted by molar-refractivity contribution is 5.75. The van der Waals surface area contributed by atoms with Gasteiger partial charge in [0.15, 0.2) is 0 Å². The molecule has 0 bridgehead atoms. The average Bonchev–Trinajstić information content (AvgIpc) is 2.56. The Morgan fingerprint density at radius 1 is 1.33 bits per heavy atom. The predicted octanol–water partition coefficient (Wildman–Crippen LogP) is 1.53. The first-order valence-electron chi connectivity index (χ1n) is 7.79. The van der Waals surface area contributed by atoms with Crippen molar-refractivity contribution < 1.29 is 13.9 Å². The molecule has 2 rings (SSSR count). The number of nitrogens with one attached hydrogen (secondary N) is 1. The van der Waals surface area contributed by atoms with E-state index in [1.54, 1.807) is 0 Å². The Labute approximate surface area is 139 Å². The zero-order valence-electron chi connectivity index (χ0n) is 13.5. The summed E-state index contributed by atoms with van der Waals surface area (Å²) >= 11 is 0. The molecule has 0 spiro atoms. The molecule has 0 radical (unpaired) electrons. The van der Waals surface area contributed by atoms with Crippen LogP contribution in [-0.2, 0) is 17.8 Å². The van der Waals surface area contributed by atoms with Gasteiger partial charge in [0.25, 0.3) is 5.56 Å². The van der Waals surface area contributed by atoms with Gasteiger partial charge in [0.2, 0.25) is 5.91 Å². The predicted molar refractivity (Wildman–Crippen MR) is 87.4 cm³/mol. The van der Waals surface area contributed by atoms with Crippen LogP contribution in [0.1, 0.15) is 19.0 Å². The van der Waals surface area contributed by atoms with Crippen molar-refractivity contribution in [2.45, 2.75) is 26.3 Å². The fraction of sp³-hybridized carbons (Fsp3) is 0.353. The molecule has 0 fully saturated rings. The summed E-state index contributed by atoms with van der Waals surface area (Å²) in [7, 11) is 0. The van der Waals surface area contributed by atoms with Crippen molar-refractivity contribution in [3.63, 3.8) is 0 Å². The van der Waals surface area contributed by atoms with E-state index in [4.69, 9.17) is 4.74 Å². The molecule has 1 N–H and O–H groups in total. The molecule has 1 aromatic carbocycles. The Bertz CT molecular complexity index is 729. The minimum Gasteiger partial charge on any atom is -0.492 e. The van der Waals surface area contributed by atoms with Gasteiger partial charge in [-0.3, -0.25) is 14.2 Å². The van der Waals surface area contributed by atoms with E-state index in [-0.39, 0.29) is 37.0 Å². The van der Waals surface area contributed by atoms with Crippen LogP contribution in [0, 0.1) is 5.82 Å². The standard InChI is InChI=1S/C17H20FN3O3/c1-2-3-14-10-17(23)21(12-20-14)11-16(22)19-8-9-24-15-6-4-13(18)5-7-15/h4-7,10,12H,2-3,8-9,11H2,1H3,(H,19,22). The molecule has 0 aliphatic rings. The molecule has 24 heavy (non-hydrogen) atoms.